The standard InChI is InChI=1S/C14H14N2/c1-10-2-4-13-7-11(8-14(16)9-15)3-5-12(13)6-10/h2-7,14H,8,16H2,1H3. The van der Waals surface area contributed by atoms with Crippen LogP contribution in [0, 0.1) is 18.3 Å². The molecule has 1 atom stereocenters. The average molecular weight is 210 g/mol. The number of aryl methyl sites for hydroxylation is 1. The molecular weight excluding hydrogens is 196 g/mol. The van der Waals surface area contributed by atoms with E-state index in [4.69, 9.17) is 11.0 Å². The maximum absolute atomic E-state index is 8.67. The summed E-state index contributed by atoms with van der Waals surface area (Å²) in [7, 11) is 0. The van der Waals surface area contributed by atoms with E-state index in [1.807, 2.05) is 12.1 Å². The molecule has 0 aliphatic heterocycles. The molecule has 0 spiro atoms. The van der Waals surface area contributed by atoms with Crippen molar-refractivity contribution in [3.8, 4) is 6.07 Å². The SMILES string of the molecule is Cc1ccc2cc(CC(N)C#N)ccc2c1. The van der Waals surface area contributed by atoms with Gasteiger partial charge >= 0.3 is 0 Å². The van der Waals surface area contributed by atoms with Gasteiger partial charge in [0.05, 0.1) is 12.1 Å². The van der Waals surface area contributed by atoms with Crippen LogP contribution in [-0.2, 0) is 6.42 Å². The van der Waals surface area contributed by atoms with Gasteiger partial charge in [-0.1, -0.05) is 42.0 Å². The molecule has 0 aromatic heterocycles. The molecule has 0 saturated heterocycles. The minimum absolute atomic E-state index is 0.414. The number of fused-ring (bicyclic) bond motifs is 1. The van der Waals surface area contributed by atoms with Gasteiger partial charge in [0, 0.05) is 6.42 Å². The maximum atomic E-state index is 8.67. The van der Waals surface area contributed by atoms with Crippen molar-refractivity contribution in [3.05, 3.63) is 47.5 Å². The lowest BCUT2D eigenvalue weighted by Gasteiger charge is -2.05. The zero-order valence-electron chi connectivity index (χ0n) is 9.27. The van der Waals surface area contributed by atoms with Crippen LogP contribution in [0.4, 0.5) is 0 Å². The topological polar surface area (TPSA) is 49.8 Å². The molecule has 2 N–H and O–H groups in total. The Bertz CT molecular complexity index is 552. The van der Waals surface area contributed by atoms with Crippen LogP contribution in [0.3, 0.4) is 0 Å². The van der Waals surface area contributed by atoms with Gasteiger partial charge in [-0.2, -0.15) is 5.26 Å². The first kappa shape index (κ1) is 10.7. The van der Waals surface area contributed by atoms with E-state index in [2.05, 4.69) is 37.3 Å². The molecule has 1 unspecified atom stereocenters. The van der Waals surface area contributed by atoms with Crippen molar-refractivity contribution in [2.24, 2.45) is 5.73 Å². The van der Waals surface area contributed by atoms with Crippen LogP contribution in [0.15, 0.2) is 36.4 Å². The van der Waals surface area contributed by atoms with E-state index in [0.29, 0.717) is 6.42 Å². The Hall–Kier alpha value is -1.85. The highest BCUT2D eigenvalue weighted by Gasteiger charge is 2.03. The van der Waals surface area contributed by atoms with E-state index >= 15 is 0 Å². The summed E-state index contributed by atoms with van der Waals surface area (Å²) in [5.41, 5.74) is 7.99. The van der Waals surface area contributed by atoms with Crippen molar-refractivity contribution < 1.29 is 0 Å². The van der Waals surface area contributed by atoms with E-state index in [0.717, 1.165) is 5.56 Å². The molecule has 0 heterocycles. The number of nitrogens with two attached hydrogens (primary N) is 1. The molecule has 0 amide bonds. The van der Waals surface area contributed by atoms with Crippen LogP contribution in [0.25, 0.3) is 10.8 Å². The predicted octanol–water partition coefficient (Wildman–Crippen LogP) is 2.54. The van der Waals surface area contributed by atoms with E-state index in [1.165, 1.54) is 16.3 Å². The van der Waals surface area contributed by atoms with Crippen molar-refractivity contribution in [1.82, 2.24) is 0 Å². The van der Waals surface area contributed by atoms with Crippen LogP contribution in [0.2, 0.25) is 0 Å². The van der Waals surface area contributed by atoms with Crippen molar-refractivity contribution in [2.75, 3.05) is 0 Å². The molecule has 16 heavy (non-hydrogen) atoms. The molecule has 0 aliphatic rings. The van der Waals surface area contributed by atoms with Gasteiger partial charge < -0.3 is 5.73 Å². The van der Waals surface area contributed by atoms with E-state index in [1.54, 1.807) is 0 Å². The Labute approximate surface area is 95.3 Å². The van der Waals surface area contributed by atoms with Gasteiger partial charge in [0.2, 0.25) is 0 Å². The monoisotopic (exact) mass is 210 g/mol. The first-order valence-corrected chi connectivity index (χ1v) is 5.33. The van der Waals surface area contributed by atoms with Gasteiger partial charge in [-0.15, -0.1) is 0 Å². The third-order valence-electron chi connectivity index (χ3n) is 2.68. The number of hydrogen-bond donors (Lipinski definition) is 1. The van der Waals surface area contributed by atoms with Crippen LogP contribution in [-0.4, -0.2) is 6.04 Å². The van der Waals surface area contributed by atoms with Gasteiger partial charge in [0.25, 0.3) is 0 Å². The van der Waals surface area contributed by atoms with Crippen molar-refractivity contribution in [2.45, 2.75) is 19.4 Å². The Kier molecular flexibility index (Phi) is 2.89. The fourth-order valence-corrected chi connectivity index (χ4v) is 1.84. The van der Waals surface area contributed by atoms with Gasteiger partial charge in [-0.05, 0) is 23.3 Å². The highest BCUT2D eigenvalue weighted by molar-refractivity contribution is 5.83. The number of benzene rings is 2. The Morgan fingerprint density at radius 1 is 1.19 bits per heavy atom. The lowest BCUT2D eigenvalue weighted by molar-refractivity contribution is 0.824. The van der Waals surface area contributed by atoms with E-state index in [-0.39, 0.29) is 0 Å². The molecule has 0 fully saturated rings. The molecule has 0 saturated carbocycles. The van der Waals surface area contributed by atoms with Crippen molar-refractivity contribution in [3.63, 3.8) is 0 Å². The highest BCUT2D eigenvalue weighted by atomic mass is 14.6. The summed E-state index contributed by atoms with van der Waals surface area (Å²) in [4.78, 5) is 0. The third-order valence-corrected chi connectivity index (χ3v) is 2.68. The minimum Gasteiger partial charge on any atom is -0.316 e. The van der Waals surface area contributed by atoms with Crippen LogP contribution >= 0.6 is 0 Å². The largest absolute Gasteiger partial charge is 0.316 e. The molecule has 2 nitrogen and oxygen atoms in total. The Morgan fingerprint density at radius 3 is 2.62 bits per heavy atom. The zero-order chi connectivity index (χ0) is 11.5. The smallest absolute Gasteiger partial charge is 0.0968 e. The second kappa shape index (κ2) is 4.34. The molecule has 2 heteroatoms. The van der Waals surface area contributed by atoms with Crippen molar-refractivity contribution in [1.29, 1.82) is 5.26 Å². The normalized spacial score (nSPS) is 12.3. The Morgan fingerprint density at radius 2 is 1.88 bits per heavy atom. The summed E-state index contributed by atoms with van der Waals surface area (Å²) in [6, 6.07) is 14.2. The van der Waals surface area contributed by atoms with Gasteiger partial charge in [0.15, 0.2) is 0 Å². The first-order valence-electron chi connectivity index (χ1n) is 5.33. The van der Waals surface area contributed by atoms with Gasteiger partial charge in [-0.3, -0.25) is 0 Å². The van der Waals surface area contributed by atoms with Gasteiger partial charge in [0.1, 0.15) is 0 Å². The summed E-state index contributed by atoms with van der Waals surface area (Å²) in [6.45, 7) is 2.08. The van der Waals surface area contributed by atoms with E-state index < -0.39 is 6.04 Å². The summed E-state index contributed by atoms with van der Waals surface area (Å²) in [5.74, 6) is 0. The molecule has 0 bridgehead atoms. The molecule has 0 aliphatic carbocycles. The second-order valence-corrected chi connectivity index (χ2v) is 4.12. The minimum atomic E-state index is -0.414. The number of nitrogens with zero attached hydrogens (tertiary/aromatic N) is 1. The molecule has 2 aromatic carbocycles. The lowest BCUT2D eigenvalue weighted by Crippen LogP contribution is -2.19. The number of rotatable bonds is 2. The van der Waals surface area contributed by atoms with Crippen LogP contribution in [0.5, 0.6) is 0 Å². The summed E-state index contributed by atoms with van der Waals surface area (Å²) in [6.07, 6.45) is 0.611. The number of nitriles is 1. The van der Waals surface area contributed by atoms with Crippen LogP contribution in [0.1, 0.15) is 11.1 Å². The van der Waals surface area contributed by atoms with Crippen molar-refractivity contribution >= 4 is 10.8 Å². The lowest BCUT2D eigenvalue weighted by atomic mass is 10.0. The second-order valence-electron chi connectivity index (χ2n) is 4.12. The summed E-state index contributed by atoms with van der Waals surface area (Å²) in [5, 5.41) is 11.1. The highest BCUT2D eigenvalue weighted by Crippen LogP contribution is 2.18. The molecule has 2 rings (SSSR count). The molecular formula is C14H14N2. The summed E-state index contributed by atoms with van der Waals surface area (Å²) < 4.78 is 0. The molecule has 2 aromatic rings. The fraction of sp³-hybridized carbons (Fsp3) is 0.214. The fourth-order valence-electron chi connectivity index (χ4n) is 1.84. The number of hydrogen-bond acceptors (Lipinski definition) is 2. The summed E-state index contributed by atoms with van der Waals surface area (Å²) >= 11 is 0. The quantitative estimate of drug-likeness (QED) is 0.828. The molecule has 0 radical (unpaired) electrons. The predicted molar refractivity (Wildman–Crippen MR) is 66.0 cm³/mol. The maximum Gasteiger partial charge on any atom is 0.0968 e. The average Bonchev–Trinajstić information content (AvgIpc) is 2.29. The molecule has 80 valence electrons. The van der Waals surface area contributed by atoms with Gasteiger partial charge in [-0.25, -0.2) is 0 Å². The first-order chi connectivity index (χ1) is 7.69. The van der Waals surface area contributed by atoms with Crippen LogP contribution < -0.4 is 5.73 Å². The Balaban J connectivity index is 2.38. The zero-order valence-corrected chi connectivity index (χ0v) is 9.27. The van der Waals surface area contributed by atoms with E-state index in [9.17, 15) is 0 Å². The third kappa shape index (κ3) is 2.21.